The number of likely N-dealkylation sites (tertiary alicyclic amines) is 7. The minimum Gasteiger partial charge on any atom is -0.466 e. The fraction of sp³-hybridized carbons (Fsp3) is 0.897. The Morgan fingerprint density at radius 3 is 0.893 bits per heavy atom. The van der Waals surface area contributed by atoms with Crippen LogP contribution in [0.1, 0.15) is 295 Å². The number of hydrogen-bond donors (Lipinski definition) is 7. The molecule has 12 fully saturated rings. The van der Waals surface area contributed by atoms with E-state index in [-0.39, 0.29) is 123 Å². The molecule has 0 aromatic carbocycles. The Labute approximate surface area is 808 Å². The van der Waals surface area contributed by atoms with Gasteiger partial charge in [-0.25, -0.2) is 24.0 Å². The largest absolute Gasteiger partial charge is 0.466 e. The molecule has 0 bridgehead atoms. The Kier molecular flexibility index (Phi) is 59.1. The topological polar surface area (TPSA) is 398 Å². The summed E-state index contributed by atoms with van der Waals surface area (Å²) in [6.07, 6.45) is 18.6. The third-order valence-electron chi connectivity index (χ3n) is 24.4. The van der Waals surface area contributed by atoms with Gasteiger partial charge in [-0.05, 0) is 341 Å². The van der Waals surface area contributed by atoms with E-state index in [0.717, 1.165) is 201 Å². The van der Waals surface area contributed by atoms with E-state index in [4.69, 9.17) is 70.9 Å². The second kappa shape index (κ2) is 62.6. The van der Waals surface area contributed by atoms with Crippen molar-refractivity contribution in [3.05, 3.63) is 0 Å². The van der Waals surface area contributed by atoms with Crippen LogP contribution in [0.2, 0.25) is 0 Å². The van der Waals surface area contributed by atoms with Gasteiger partial charge in [0.25, 0.3) is 0 Å². The molecule has 0 aromatic heterocycles. The molecule has 0 unspecified atom stereocenters. The zero-order chi connectivity index (χ0) is 98.5. The number of carbonyl (C=O) groups is 10. The van der Waals surface area contributed by atoms with Gasteiger partial charge >= 0.3 is 47.7 Å². The van der Waals surface area contributed by atoms with Crippen LogP contribution in [0.25, 0.3) is 0 Å². The number of Topliss-reactive ketones (excluding diaryl/α,β-unsaturated/α-hetero) is 1. The van der Waals surface area contributed by atoms with Gasteiger partial charge in [0.2, 0.25) is 5.91 Å². The number of nitrogens with one attached hydrogen (secondary N) is 2. The molecule has 8 aliphatic heterocycles. The van der Waals surface area contributed by atoms with Crippen molar-refractivity contribution < 1.29 is 128 Å². The molecule has 8 heterocycles. The number of nitrogens with two attached hydrogens (primary N) is 1. The first kappa shape index (κ1) is 124. The van der Waals surface area contributed by atoms with Crippen molar-refractivity contribution >= 4 is 71.0 Å². The Morgan fingerprint density at radius 2 is 0.656 bits per heavy atom. The summed E-state index contributed by atoms with van der Waals surface area (Å²) in [5.41, 5.74) is 4.58. The SMILES string of the molecule is CC(C)(C)OC(=O)N1CCC2(CC(=O)C2)C1.CC(C)CN.CC(C)O.CC(C)O.CC(C)O.CC(C)O.CCOC(=O)C1CCN(C2CC3(CCN(C(=O)OC(C)(C)C)C3)C2)CC1.CCOC(=O)C1CCN(C2CC3(CCN(C(=O)OCC)C3)C2)CC1.CCOC(=O)C1CCNCC1.CCOC(=O)Cl.CCOC(=O)N1CCC2(CC(N3CCC(C(=O)NCC(C)C)CC3)C2)C1.[Ti]. The third-order valence-corrected chi connectivity index (χ3v) is 24.5. The molecule has 131 heavy (non-hydrogen) atoms. The van der Waals surface area contributed by atoms with Gasteiger partial charge in [-0.2, -0.15) is 0 Å². The van der Waals surface area contributed by atoms with E-state index >= 15 is 0 Å². The third kappa shape index (κ3) is 49.1. The number of piperidine rings is 4. The number of aliphatic hydroxyl groups is 4. The number of hydrogen-bond acceptors (Lipinski definition) is 27. The first-order valence-corrected chi connectivity index (χ1v) is 49.5. The maximum Gasteiger partial charge on any atom is 0.410 e. The first-order valence-electron chi connectivity index (χ1n) is 49.1. The molecular formula is C97H181ClN10O22Ti. The zero-order valence-electron chi connectivity index (χ0n) is 85.3. The standard InChI is InChI=1S/C20H35N3O3.C20H34N2O4.C18H30N2O4.C12H19NO3.C8H15NO2.C4H11N.C3H5ClO2.4C3H8O.Ti/c1-4-26-19(25)23-10-7-20(14-23)11-17(12-20)22-8-5-16(6-9-22)18(24)21-13-15(2)3;1-5-25-17(23)15-6-9-21(10-7-15)16-12-20(13-16)8-11-22(14-20)18(24)26-19(2,3)4;1-3-23-16(21)14-5-8-19(9-6-14)15-11-18(12-15)7-10-20(13-18)17(22)24-4-2;1-11(2,3)16-10(15)13-5-4-12(8-13)6-9(14)7-12;1-2-11-8(10)7-3-5-9-6-4-7;1-4(2)3-5;1-2-6-3(4)5;4*1-3(2)4;/h15-17H,4-14H2,1-3H3,(H,21,24);15-16H,5-14H2,1-4H3;14-15H,3-13H2,1-2H3;4-8H2,1-3H3;7,9H,2-6H2,1H3;4H,3,5H2,1-2H3;2H2,1H3;4*3-4H,1-2H3;. The molecule has 8 N–H and O–H groups in total. The molecular weight excluding hydrogens is 1740 g/mol. The molecule has 5 amide bonds. The molecule has 12 aliphatic rings. The smallest absolute Gasteiger partial charge is 0.410 e. The van der Waals surface area contributed by atoms with Gasteiger partial charge in [0, 0.05) is 159 Å². The average molecular weight is 1920 g/mol. The number of ether oxygens (including phenoxy) is 8. The van der Waals surface area contributed by atoms with Crippen LogP contribution in [0.15, 0.2) is 0 Å². The minimum absolute atomic E-state index is 0. The van der Waals surface area contributed by atoms with Gasteiger partial charge in [0.05, 0.1) is 57.4 Å². The number of nitrogens with zero attached hydrogens (tertiary/aromatic N) is 7. The molecule has 0 atom stereocenters. The number of rotatable bonds is 16. The van der Waals surface area contributed by atoms with Crippen LogP contribution < -0.4 is 16.4 Å². The molecule has 4 aliphatic carbocycles. The van der Waals surface area contributed by atoms with Crippen LogP contribution in [0.5, 0.6) is 0 Å². The van der Waals surface area contributed by atoms with Crippen LogP contribution in [0, 0.1) is 57.2 Å². The first-order chi connectivity index (χ1) is 60.8. The maximum absolute atomic E-state index is 12.3. The zero-order valence-corrected chi connectivity index (χ0v) is 87.7. The Balaban J connectivity index is 0.000000774. The quantitative estimate of drug-likeness (QED) is 0.0326. The van der Waals surface area contributed by atoms with E-state index in [0.29, 0.717) is 111 Å². The predicted octanol–water partition coefficient (Wildman–Crippen LogP) is 13.9. The summed E-state index contributed by atoms with van der Waals surface area (Å²) in [6.45, 7) is 63.1. The van der Waals surface area contributed by atoms with Gasteiger partial charge in [-0.3, -0.25) is 24.0 Å². The van der Waals surface area contributed by atoms with E-state index in [1.807, 2.05) is 90.9 Å². The average Bonchev–Trinajstić information content (AvgIpc) is 1.65. The number of amides is 5. The molecule has 12 rings (SSSR count). The minimum atomic E-state index is -0.738. The van der Waals surface area contributed by atoms with E-state index in [2.05, 4.69) is 57.8 Å². The van der Waals surface area contributed by atoms with Crippen LogP contribution in [-0.4, -0.2) is 325 Å². The second-order valence-corrected chi connectivity index (χ2v) is 41.5. The number of halogens is 1. The van der Waals surface area contributed by atoms with E-state index < -0.39 is 16.6 Å². The fourth-order valence-corrected chi connectivity index (χ4v) is 18.2. The molecule has 8 saturated heterocycles. The van der Waals surface area contributed by atoms with Crippen molar-refractivity contribution in [2.24, 2.45) is 62.9 Å². The van der Waals surface area contributed by atoms with E-state index in [1.54, 1.807) is 67.2 Å². The molecule has 32 nitrogen and oxygen atoms in total. The Hall–Kier alpha value is -5.26. The summed E-state index contributed by atoms with van der Waals surface area (Å²) in [5.74, 6) is 2.16. The molecule has 34 heteroatoms. The van der Waals surface area contributed by atoms with Crippen LogP contribution in [0.3, 0.4) is 0 Å². The summed E-state index contributed by atoms with van der Waals surface area (Å²) < 4.78 is 40.5. The molecule has 4 spiro atoms. The molecule has 0 radical (unpaired) electrons. The number of carbonyl (C=O) groups excluding carboxylic acids is 10. The van der Waals surface area contributed by atoms with Crippen molar-refractivity contribution in [1.82, 2.24) is 44.9 Å². The van der Waals surface area contributed by atoms with Gasteiger partial charge < -0.3 is 109 Å². The van der Waals surface area contributed by atoms with Crippen molar-refractivity contribution in [2.45, 2.75) is 348 Å². The summed E-state index contributed by atoms with van der Waals surface area (Å²) >= 11 is 4.72. The van der Waals surface area contributed by atoms with Gasteiger partial charge in [0.15, 0.2) is 0 Å². The Bertz CT molecular complexity index is 3220. The van der Waals surface area contributed by atoms with Crippen molar-refractivity contribution in [3.63, 3.8) is 0 Å². The monoisotopic (exact) mass is 1920 g/mol. The molecule has 4 saturated carbocycles. The summed E-state index contributed by atoms with van der Waals surface area (Å²) in [6, 6.07) is 1.86. The normalized spacial score (nSPS) is 24.0. The summed E-state index contributed by atoms with van der Waals surface area (Å²) in [5, 5.41) is 38.5. The molecule has 762 valence electrons. The Morgan fingerprint density at radius 1 is 0.405 bits per heavy atom. The molecule has 0 aromatic rings. The van der Waals surface area contributed by atoms with Gasteiger partial charge in [-0.15, -0.1) is 0 Å². The second-order valence-electron chi connectivity index (χ2n) is 41.1. The van der Waals surface area contributed by atoms with Crippen LogP contribution in [0.4, 0.5) is 24.0 Å². The van der Waals surface area contributed by atoms with Crippen LogP contribution in [-0.2, 0) is 83.6 Å². The van der Waals surface area contributed by atoms with Crippen molar-refractivity contribution in [1.29, 1.82) is 0 Å². The summed E-state index contributed by atoms with van der Waals surface area (Å²) in [7, 11) is 0. The fourth-order valence-electron chi connectivity index (χ4n) is 18.0. The number of esters is 3. The van der Waals surface area contributed by atoms with E-state index in [1.165, 1.54) is 25.7 Å². The van der Waals surface area contributed by atoms with Gasteiger partial charge in [0.1, 0.15) is 17.0 Å². The van der Waals surface area contributed by atoms with Gasteiger partial charge in [-0.1, -0.05) is 27.7 Å². The van der Waals surface area contributed by atoms with Crippen molar-refractivity contribution in [2.75, 3.05) is 157 Å². The number of ketones is 1. The van der Waals surface area contributed by atoms with Crippen molar-refractivity contribution in [3.8, 4) is 0 Å². The summed E-state index contributed by atoms with van der Waals surface area (Å²) in [4.78, 5) is 131. The van der Waals surface area contributed by atoms with Crippen LogP contribution >= 0.6 is 11.6 Å². The van der Waals surface area contributed by atoms with E-state index in [9.17, 15) is 47.9 Å². The predicted molar refractivity (Wildman–Crippen MR) is 507 cm³/mol. The number of aliphatic hydroxyl groups excluding tert-OH is 4. The maximum atomic E-state index is 12.3.